The molecule has 3 rings (SSSR count). The smallest absolute Gasteiger partial charge is 0.261 e. The van der Waals surface area contributed by atoms with Gasteiger partial charge in [0, 0.05) is 0 Å². The summed E-state index contributed by atoms with van der Waals surface area (Å²) in [5.74, 6) is -0.148. The Morgan fingerprint density at radius 3 is 2.36 bits per heavy atom. The van der Waals surface area contributed by atoms with Gasteiger partial charge in [-0.3, -0.25) is 9.40 Å². The van der Waals surface area contributed by atoms with Gasteiger partial charge in [-0.2, -0.15) is 5.10 Å². The number of anilines is 1. The van der Waals surface area contributed by atoms with Crippen molar-refractivity contribution in [1.82, 2.24) is 9.78 Å². The van der Waals surface area contributed by atoms with E-state index in [1.165, 1.54) is 18.2 Å². The Hall–Kier alpha value is -3.00. The van der Waals surface area contributed by atoms with E-state index in [1.54, 1.807) is 42.5 Å². The molecular weight excluding hydrogens is 384 g/mol. The maximum atomic E-state index is 13.9. The number of benzene rings is 2. The largest absolute Gasteiger partial charge is 0.280 e. The van der Waals surface area contributed by atoms with Gasteiger partial charge < -0.3 is 0 Å². The number of allylic oxidation sites excluding steroid dienone is 1. The number of alkyl halides is 2. The van der Waals surface area contributed by atoms with Crippen molar-refractivity contribution < 1.29 is 17.2 Å². The predicted octanol–water partition coefficient (Wildman–Crippen LogP) is 4.78. The van der Waals surface area contributed by atoms with E-state index >= 15 is 0 Å². The van der Waals surface area contributed by atoms with E-state index in [1.807, 2.05) is 6.92 Å². The number of halogens is 2. The summed E-state index contributed by atoms with van der Waals surface area (Å²) in [4.78, 5) is 0.0155. The van der Waals surface area contributed by atoms with Gasteiger partial charge in [-0.25, -0.2) is 17.2 Å². The topological polar surface area (TPSA) is 64.0 Å². The van der Waals surface area contributed by atoms with Crippen LogP contribution in [-0.4, -0.2) is 18.2 Å². The molecule has 0 saturated heterocycles. The van der Waals surface area contributed by atoms with Crippen LogP contribution >= 0.6 is 0 Å². The zero-order valence-corrected chi connectivity index (χ0v) is 16.0. The van der Waals surface area contributed by atoms with Crippen LogP contribution in [0.25, 0.3) is 11.1 Å². The monoisotopic (exact) mass is 403 g/mol. The molecule has 1 heterocycles. The van der Waals surface area contributed by atoms with Crippen molar-refractivity contribution in [1.29, 1.82) is 0 Å². The summed E-state index contributed by atoms with van der Waals surface area (Å²) in [7, 11) is -3.99. The lowest BCUT2D eigenvalue weighted by molar-refractivity contribution is 0.140. The van der Waals surface area contributed by atoms with Crippen LogP contribution in [-0.2, 0) is 16.6 Å². The lowest BCUT2D eigenvalue weighted by Crippen LogP contribution is -2.14. The summed E-state index contributed by atoms with van der Waals surface area (Å²) in [6, 6.07) is 14.5. The molecule has 8 heteroatoms. The SMILES string of the molecule is C=CCn1nc(NS(=O)(=O)c2ccccc2)c(-c2ccc(C)cc2)c1C(F)F. The van der Waals surface area contributed by atoms with Crippen LogP contribution in [0.2, 0.25) is 0 Å². The van der Waals surface area contributed by atoms with E-state index < -0.39 is 16.4 Å². The maximum Gasteiger partial charge on any atom is 0.280 e. The first-order valence-corrected chi connectivity index (χ1v) is 9.96. The molecule has 1 N–H and O–H groups in total. The Morgan fingerprint density at radius 2 is 1.79 bits per heavy atom. The van der Waals surface area contributed by atoms with Crippen LogP contribution in [0, 0.1) is 6.92 Å². The number of nitrogens with one attached hydrogen (secondary N) is 1. The molecule has 0 spiro atoms. The first-order chi connectivity index (χ1) is 13.3. The number of rotatable bonds is 7. The third kappa shape index (κ3) is 3.96. The first kappa shape index (κ1) is 19.8. The van der Waals surface area contributed by atoms with Crippen molar-refractivity contribution in [3.63, 3.8) is 0 Å². The van der Waals surface area contributed by atoms with E-state index in [9.17, 15) is 17.2 Å². The Bertz CT molecular complexity index is 1080. The molecule has 0 aliphatic heterocycles. The lowest BCUT2D eigenvalue weighted by Gasteiger charge is -2.10. The predicted molar refractivity (Wildman–Crippen MR) is 105 cm³/mol. The normalized spacial score (nSPS) is 11.6. The molecule has 0 amide bonds. The molecule has 2 aromatic carbocycles. The van der Waals surface area contributed by atoms with Crippen LogP contribution in [0.3, 0.4) is 0 Å². The summed E-state index contributed by atoms with van der Waals surface area (Å²) in [5.41, 5.74) is 1.08. The van der Waals surface area contributed by atoms with E-state index in [0.717, 1.165) is 10.2 Å². The fraction of sp³-hybridized carbons (Fsp3) is 0.150. The van der Waals surface area contributed by atoms with Crippen LogP contribution in [0.15, 0.2) is 72.1 Å². The van der Waals surface area contributed by atoms with E-state index in [2.05, 4.69) is 16.4 Å². The number of hydrogen-bond donors (Lipinski definition) is 1. The van der Waals surface area contributed by atoms with Gasteiger partial charge in [0.2, 0.25) is 0 Å². The highest BCUT2D eigenvalue weighted by molar-refractivity contribution is 7.92. The number of nitrogens with zero attached hydrogens (tertiary/aromatic N) is 2. The number of sulfonamides is 1. The van der Waals surface area contributed by atoms with Crippen molar-refractivity contribution in [2.75, 3.05) is 4.72 Å². The average molecular weight is 403 g/mol. The molecule has 0 saturated carbocycles. The number of aromatic nitrogens is 2. The summed E-state index contributed by atoms with van der Waals surface area (Å²) < 4.78 is 56.6. The molecule has 0 aliphatic carbocycles. The Kier molecular flexibility index (Phi) is 5.60. The minimum Gasteiger partial charge on any atom is -0.261 e. The molecule has 28 heavy (non-hydrogen) atoms. The lowest BCUT2D eigenvalue weighted by atomic mass is 10.0. The van der Waals surface area contributed by atoms with Crippen LogP contribution in [0.4, 0.5) is 14.6 Å². The second-order valence-electron chi connectivity index (χ2n) is 6.16. The van der Waals surface area contributed by atoms with Crippen molar-refractivity contribution in [2.45, 2.75) is 24.8 Å². The molecule has 0 atom stereocenters. The molecular formula is C20H19F2N3O2S. The van der Waals surface area contributed by atoms with Crippen LogP contribution < -0.4 is 4.72 Å². The molecule has 0 aliphatic rings. The van der Waals surface area contributed by atoms with Crippen LogP contribution in [0.5, 0.6) is 0 Å². The highest BCUT2D eigenvalue weighted by Gasteiger charge is 2.28. The molecule has 5 nitrogen and oxygen atoms in total. The molecule has 3 aromatic rings. The van der Waals surface area contributed by atoms with Crippen molar-refractivity contribution in [3.8, 4) is 11.1 Å². The third-order valence-corrected chi connectivity index (χ3v) is 5.48. The highest BCUT2D eigenvalue weighted by atomic mass is 32.2. The first-order valence-electron chi connectivity index (χ1n) is 8.48. The molecule has 0 radical (unpaired) electrons. The van der Waals surface area contributed by atoms with Crippen molar-refractivity contribution in [2.24, 2.45) is 0 Å². The Labute approximate surface area is 162 Å². The molecule has 1 aromatic heterocycles. The average Bonchev–Trinajstić information content (AvgIpc) is 3.01. The van der Waals surface area contributed by atoms with E-state index in [0.29, 0.717) is 5.56 Å². The van der Waals surface area contributed by atoms with Gasteiger partial charge in [0.1, 0.15) is 5.69 Å². The zero-order chi connectivity index (χ0) is 20.3. The zero-order valence-electron chi connectivity index (χ0n) is 15.1. The fourth-order valence-corrected chi connectivity index (χ4v) is 3.85. The fourth-order valence-electron chi connectivity index (χ4n) is 2.82. The standard InChI is InChI=1S/C20H19F2N3O2S/c1-3-13-25-18(19(21)22)17(15-11-9-14(2)10-12-15)20(23-25)24-28(26,27)16-7-5-4-6-8-16/h3-12,19H,1,13H2,2H3,(H,23,24). The number of hydrogen-bond acceptors (Lipinski definition) is 3. The van der Waals surface area contributed by atoms with Gasteiger partial charge >= 0.3 is 0 Å². The number of aryl methyl sites for hydroxylation is 1. The summed E-state index contributed by atoms with van der Waals surface area (Å²) in [6.45, 7) is 5.45. The van der Waals surface area contributed by atoms with Gasteiger partial charge in [0.15, 0.2) is 5.82 Å². The van der Waals surface area contributed by atoms with Crippen molar-refractivity contribution >= 4 is 15.8 Å². The maximum absolute atomic E-state index is 13.9. The third-order valence-electron chi connectivity index (χ3n) is 4.13. The molecule has 0 fully saturated rings. The van der Waals surface area contributed by atoms with Gasteiger partial charge in [0.25, 0.3) is 16.4 Å². The molecule has 0 unspecified atom stereocenters. The Balaban J connectivity index is 2.18. The molecule has 146 valence electrons. The second-order valence-corrected chi connectivity index (χ2v) is 7.85. The summed E-state index contributed by atoms with van der Waals surface area (Å²) in [5, 5.41) is 4.11. The quantitative estimate of drug-likeness (QED) is 0.577. The minimum absolute atomic E-state index is 0.0155. The van der Waals surface area contributed by atoms with E-state index in [-0.39, 0.29) is 28.5 Å². The van der Waals surface area contributed by atoms with Gasteiger partial charge in [-0.05, 0) is 24.6 Å². The van der Waals surface area contributed by atoms with Gasteiger partial charge in [-0.15, -0.1) is 6.58 Å². The van der Waals surface area contributed by atoms with Gasteiger partial charge in [0.05, 0.1) is 17.0 Å². The van der Waals surface area contributed by atoms with Gasteiger partial charge in [-0.1, -0.05) is 54.1 Å². The summed E-state index contributed by atoms with van der Waals surface area (Å²) in [6.07, 6.45) is -1.42. The highest BCUT2D eigenvalue weighted by Crippen LogP contribution is 2.38. The van der Waals surface area contributed by atoms with E-state index in [4.69, 9.17) is 0 Å². The van der Waals surface area contributed by atoms with Crippen molar-refractivity contribution in [3.05, 3.63) is 78.5 Å². The minimum atomic E-state index is -3.99. The summed E-state index contributed by atoms with van der Waals surface area (Å²) >= 11 is 0. The van der Waals surface area contributed by atoms with Crippen LogP contribution in [0.1, 0.15) is 17.7 Å². The second kappa shape index (κ2) is 7.93. The molecule has 0 bridgehead atoms. The Morgan fingerprint density at radius 1 is 1.14 bits per heavy atom.